The molecule has 34 heavy (non-hydrogen) atoms. The Hall–Kier alpha value is -1.73. The van der Waals surface area contributed by atoms with Crippen molar-refractivity contribution in [1.82, 2.24) is 4.31 Å². The van der Waals surface area contributed by atoms with Gasteiger partial charge in [0.15, 0.2) is 0 Å². The van der Waals surface area contributed by atoms with Gasteiger partial charge in [0.1, 0.15) is 17.3 Å². The highest BCUT2D eigenvalue weighted by Gasteiger charge is 2.37. The minimum Gasteiger partial charge on any atom is -0.488 e. The minimum atomic E-state index is -4.25. The van der Waals surface area contributed by atoms with Crippen molar-refractivity contribution in [2.24, 2.45) is 0 Å². The molecule has 8 nitrogen and oxygen atoms in total. The first-order chi connectivity index (χ1) is 16.1. The van der Waals surface area contributed by atoms with Crippen LogP contribution in [0, 0.1) is 0 Å². The smallest absolute Gasteiger partial charge is 0.287 e. The third-order valence-corrected chi connectivity index (χ3v) is 9.02. The predicted molar refractivity (Wildman–Crippen MR) is 140 cm³/mol. The van der Waals surface area contributed by atoms with Gasteiger partial charge >= 0.3 is 0 Å². The first-order valence-electron chi connectivity index (χ1n) is 10.9. The molecule has 11 heteroatoms. The number of hydrogen-bond donors (Lipinski definition) is 3. The number of rotatable bonds is 9. The van der Waals surface area contributed by atoms with E-state index in [4.69, 9.17) is 9.29 Å². The zero-order valence-corrected chi connectivity index (χ0v) is 21.9. The lowest BCUT2D eigenvalue weighted by molar-refractivity contribution is 0.310. The van der Waals surface area contributed by atoms with Gasteiger partial charge in [-0.2, -0.15) is 8.42 Å². The van der Waals surface area contributed by atoms with Crippen molar-refractivity contribution in [1.29, 1.82) is 0 Å². The number of thioether (sulfide) groups is 1. The summed E-state index contributed by atoms with van der Waals surface area (Å²) in [6.07, 6.45) is 5.87. The molecule has 0 bridgehead atoms. The number of unbranched alkanes of at least 4 members (excludes halogenated alkanes) is 1. The van der Waals surface area contributed by atoms with E-state index in [0.29, 0.717) is 28.3 Å². The fourth-order valence-corrected chi connectivity index (χ4v) is 6.37. The maximum absolute atomic E-state index is 11.4. The monoisotopic (exact) mass is 528 g/mol. The number of hydrogen-bond acceptors (Lipinski definition) is 8. The molecule has 0 radical (unpaired) electrons. The molecule has 0 spiro atoms. The highest BCUT2D eigenvalue weighted by molar-refractivity contribution is 8.22. The topological polar surface area (TPSA) is 111 Å². The van der Waals surface area contributed by atoms with Gasteiger partial charge in [-0.05, 0) is 37.0 Å². The average Bonchev–Trinajstić information content (AvgIpc) is 2.88. The lowest BCUT2D eigenvalue weighted by Gasteiger charge is -2.43. The quantitative estimate of drug-likeness (QED) is 0.272. The molecule has 188 valence electrons. The van der Waals surface area contributed by atoms with Crippen LogP contribution in [0.15, 0.2) is 63.7 Å². The number of fused-ring (bicyclic) bond motifs is 1. The highest BCUT2D eigenvalue weighted by atomic mass is 32.3. The van der Waals surface area contributed by atoms with Crippen molar-refractivity contribution in [3.63, 3.8) is 0 Å². The van der Waals surface area contributed by atoms with Gasteiger partial charge in [0.25, 0.3) is 10.1 Å². The standard InChI is InChI=1S/C23H32N2O6S3/c1-4-5-10-19-17-25(18-11-7-6-8-12-18)20-15-22(32-3)21(31-13-9-14-33(26,27)28)16-23(20)34(29,30)24(19)2/h6-9,11-12,14-16,19,29-30H,4-5,10,13,17H2,1-3H3,(H,26,27,28)/b14-9+. The summed E-state index contributed by atoms with van der Waals surface area (Å²) in [5, 5.41) is 0.659. The van der Waals surface area contributed by atoms with Crippen LogP contribution in [0.2, 0.25) is 0 Å². The molecule has 1 atom stereocenters. The Bertz CT molecular complexity index is 1110. The summed E-state index contributed by atoms with van der Waals surface area (Å²) in [6, 6.07) is 13.3. The maximum Gasteiger partial charge on any atom is 0.287 e. The van der Waals surface area contributed by atoms with Crippen molar-refractivity contribution in [2.45, 2.75) is 42.0 Å². The average molecular weight is 529 g/mol. The van der Waals surface area contributed by atoms with E-state index in [9.17, 15) is 17.5 Å². The molecule has 3 rings (SSSR count). The van der Waals surface area contributed by atoms with Crippen molar-refractivity contribution >= 4 is 44.0 Å². The Morgan fingerprint density at radius 3 is 2.56 bits per heavy atom. The van der Waals surface area contributed by atoms with Crippen LogP contribution in [0.25, 0.3) is 0 Å². The van der Waals surface area contributed by atoms with Crippen LogP contribution < -0.4 is 9.64 Å². The maximum atomic E-state index is 11.4. The van der Waals surface area contributed by atoms with E-state index < -0.39 is 20.9 Å². The van der Waals surface area contributed by atoms with Crippen LogP contribution in [0.3, 0.4) is 0 Å². The third-order valence-electron chi connectivity index (χ3n) is 5.70. The van der Waals surface area contributed by atoms with Gasteiger partial charge in [-0.1, -0.05) is 38.0 Å². The van der Waals surface area contributed by atoms with E-state index in [1.165, 1.54) is 17.8 Å². The molecular formula is C23H32N2O6S3. The molecule has 1 aliphatic heterocycles. The molecule has 0 saturated carbocycles. The van der Waals surface area contributed by atoms with E-state index in [0.717, 1.165) is 29.8 Å². The van der Waals surface area contributed by atoms with Gasteiger partial charge in [-0.3, -0.25) is 13.7 Å². The van der Waals surface area contributed by atoms with E-state index in [2.05, 4.69) is 11.8 Å². The summed E-state index contributed by atoms with van der Waals surface area (Å²) >= 11 is 1.44. The second kappa shape index (κ2) is 11.3. The van der Waals surface area contributed by atoms with Crippen LogP contribution in [0.1, 0.15) is 26.2 Å². The molecule has 0 aliphatic carbocycles. The first kappa shape index (κ1) is 26.9. The molecule has 0 saturated heterocycles. The third kappa shape index (κ3) is 6.28. The lowest BCUT2D eigenvalue weighted by atomic mass is 10.1. The van der Waals surface area contributed by atoms with Gasteiger partial charge in [-0.25, -0.2) is 4.31 Å². The Morgan fingerprint density at radius 1 is 1.24 bits per heavy atom. The van der Waals surface area contributed by atoms with Crippen molar-refractivity contribution in [3.8, 4) is 5.75 Å². The molecular weight excluding hydrogens is 496 g/mol. The predicted octanol–water partition coefficient (Wildman–Crippen LogP) is 5.86. The molecule has 1 heterocycles. The SMILES string of the molecule is CCCCC1CN(c2ccccc2)c2cc(SC)c(OC/C=C/S(=O)(=O)O)cc2S(O)(O)N1C. The van der Waals surface area contributed by atoms with Gasteiger partial charge in [0.2, 0.25) is 0 Å². The van der Waals surface area contributed by atoms with Crippen molar-refractivity contribution < 1.29 is 26.8 Å². The fraction of sp³-hybridized carbons (Fsp3) is 0.391. The van der Waals surface area contributed by atoms with Crippen LogP contribution in [0.4, 0.5) is 11.4 Å². The van der Waals surface area contributed by atoms with E-state index >= 15 is 0 Å². The molecule has 0 amide bonds. The van der Waals surface area contributed by atoms with E-state index in [1.54, 1.807) is 17.4 Å². The normalized spacial score (nSPS) is 19.6. The first-order valence-corrected chi connectivity index (χ1v) is 15.1. The molecule has 0 aromatic heterocycles. The number of ether oxygens (including phenoxy) is 1. The van der Waals surface area contributed by atoms with Gasteiger partial charge < -0.3 is 9.64 Å². The number of nitrogens with zero attached hydrogens (tertiary/aromatic N) is 2. The Morgan fingerprint density at radius 2 is 1.94 bits per heavy atom. The van der Waals surface area contributed by atoms with E-state index in [1.807, 2.05) is 42.7 Å². The van der Waals surface area contributed by atoms with Crippen LogP contribution in [-0.2, 0) is 10.1 Å². The molecule has 3 N–H and O–H groups in total. The summed E-state index contributed by atoms with van der Waals surface area (Å²) in [5.41, 5.74) is 1.65. The largest absolute Gasteiger partial charge is 0.488 e. The second-order valence-corrected chi connectivity index (χ2v) is 12.2. The molecule has 1 unspecified atom stereocenters. The number of benzene rings is 2. The number of para-hydroxylation sites is 1. The summed E-state index contributed by atoms with van der Waals surface area (Å²) in [4.78, 5) is 3.24. The molecule has 0 fully saturated rings. The Kier molecular flexibility index (Phi) is 8.96. The van der Waals surface area contributed by atoms with Crippen LogP contribution in [0.5, 0.6) is 5.75 Å². The Labute approximate surface area is 207 Å². The van der Waals surface area contributed by atoms with Crippen molar-refractivity contribution in [2.75, 3.05) is 31.4 Å². The number of likely N-dealkylation sites (N-methyl/N-ethyl adjacent to an activating group) is 1. The zero-order valence-electron chi connectivity index (χ0n) is 19.5. The highest BCUT2D eigenvalue weighted by Crippen LogP contribution is 2.60. The Balaban J connectivity index is 2.11. The molecule has 2 aromatic rings. The van der Waals surface area contributed by atoms with Crippen LogP contribution in [-0.4, -0.2) is 58.9 Å². The lowest BCUT2D eigenvalue weighted by Crippen LogP contribution is -2.39. The van der Waals surface area contributed by atoms with Crippen LogP contribution >= 0.6 is 22.5 Å². The van der Waals surface area contributed by atoms with E-state index in [-0.39, 0.29) is 12.6 Å². The molecule has 2 aromatic carbocycles. The second-order valence-electron chi connectivity index (χ2n) is 7.98. The number of anilines is 2. The zero-order chi connectivity index (χ0) is 24.9. The summed E-state index contributed by atoms with van der Waals surface area (Å²) < 4.78 is 61.0. The minimum absolute atomic E-state index is 0.0858. The van der Waals surface area contributed by atoms with Crippen molar-refractivity contribution in [3.05, 3.63) is 53.9 Å². The molecule has 1 aliphatic rings. The van der Waals surface area contributed by atoms with Gasteiger partial charge in [0, 0.05) is 31.4 Å². The van der Waals surface area contributed by atoms with Gasteiger partial charge in [0.05, 0.1) is 16.0 Å². The summed E-state index contributed by atoms with van der Waals surface area (Å²) in [6.45, 7) is 2.60. The van der Waals surface area contributed by atoms with Gasteiger partial charge in [-0.15, -0.1) is 22.5 Å². The summed E-state index contributed by atoms with van der Waals surface area (Å²) in [7, 11) is -5.83. The summed E-state index contributed by atoms with van der Waals surface area (Å²) in [5.74, 6) is 0.402. The fourth-order valence-electron chi connectivity index (χ4n) is 3.88.